The minimum absolute atomic E-state index is 0.122. The lowest BCUT2D eigenvalue weighted by Gasteiger charge is -2.10. The Morgan fingerprint density at radius 1 is 1.09 bits per heavy atom. The van der Waals surface area contributed by atoms with Crippen molar-refractivity contribution in [2.75, 3.05) is 12.4 Å². The molecule has 0 aliphatic rings. The lowest BCUT2D eigenvalue weighted by molar-refractivity contribution is -0.383. The molecule has 2 rings (SSSR count). The largest absolute Gasteiger partial charge is 0.419 e. The normalized spacial score (nSPS) is 11.3. The number of benzene rings is 2. The van der Waals surface area contributed by atoms with Crippen LogP contribution in [0.25, 0.3) is 11.1 Å². The van der Waals surface area contributed by atoms with Gasteiger partial charge in [0.2, 0.25) is 0 Å². The van der Waals surface area contributed by atoms with Crippen molar-refractivity contribution in [2.45, 2.75) is 6.18 Å². The first-order valence-corrected chi connectivity index (χ1v) is 6.07. The molecular weight excluding hydrogens is 304 g/mol. The van der Waals surface area contributed by atoms with E-state index in [0.29, 0.717) is 12.1 Å². The van der Waals surface area contributed by atoms with E-state index in [1.807, 2.05) is 0 Å². The van der Waals surface area contributed by atoms with Crippen LogP contribution in [0.15, 0.2) is 36.4 Å². The van der Waals surface area contributed by atoms with Crippen LogP contribution < -0.4 is 5.32 Å². The lowest BCUT2D eigenvalue weighted by Crippen LogP contribution is -2.07. The smallest absolute Gasteiger partial charge is 0.383 e. The van der Waals surface area contributed by atoms with Crippen molar-refractivity contribution in [3.05, 3.63) is 57.9 Å². The van der Waals surface area contributed by atoms with Crippen LogP contribution >= 0.6 is 0 Å². The summed E-state index contributed by atoms with van der Waals surface area (Å²) >= 11 is 0. The number of rotatable bonds is 3. The average Bonchev–Trinajstić information content (AvgIpc) is 2.45. The summed E-state index contributed by atoms with van der Waals surface area (Å²) in [6, 6.07) is 6.44. The van der Waals surface area contributed by atoms with Crippen LogP contribution in [0.2, 0.25) is 0 Å². The number of nitrogens with zero attached hydrogens (tertiary/aromatic N) is 1. The van der Waals surface area contributed by atoms with Crippen LogP contribution in [0.4, 0.5) is 28.9 Å². The lowest BCUT2D eigenvalue weighted by atomic mass is 10.0. The third-order valence-corrected chi connectivity index (χ3v) is 3.07. The van der Waals surface area contributed by atoms with Gasteiger partial charge in [-0.15, -0.1) is 0 Å². The zero-order valence-corrected chi connectivity index (χ0v) is 11.2. The molecule has 0 saturated heterocycles. The van der Waals surface area contributed by atoms with Crippen LogP contribution in [-0.4, -0.2) is 12.0 Å². The fourth-order valence-corrected chi connectivity index (χ4v) is 2.00. The molecule has 2 aromatic carbocycles. The van der Waals surface area contributed by atoms with Gasteiger partial charge in [0, 0.05) is 13.1 Å². The highest BCUT2D eigenvalue weighted by Crippen LogP contribution is 2.35. The van der Waals surface area contributed by atoms with Crippen molar-refractivity contribution in [1.29, 1.82) is 0 Å². The number of anilines is 1. The van der Waals surface area contributed by atoms with E-state index in [2.05, 4.69) is 5.32 Å². The quantitative estimate of drug-likeness (QED) is 0.517. The van der Waals surface area contributed by atoms with Gasteiger partial charge >= 0.3 is 6.18 Å². The maximum Gasteiger partial charge on any atom is 0.419 e. The Morgan fingerprint density at radius 2 is 1.68 bits per heavy atom. The highest BCUT2D eigenvalue weighted by atomic mass is 19.4. The summed E-state index contributed by atoms with van der Waals surface area (Å²) in [5.74, 6) is -1.43. The van der Waals surface area contributed by atoms with Crippen molar-refractivity contribution < 1.29 is 22.5 Å². The van der Waals surface area contributed by atoms with Crippen molar-refractivity contribution in [1.82, 2.24) is 0 Å². The molecule has 0 fully saturated rings. The number of alkyl halides is 3. The predicted octanol–water partition coefficient (Wildman–Crippen LogP) is 4.46. The highest BCUT2D eigenvalue weighted by Gasteiger charge is 2.34. The van der Waals surface area contributed by atoms with E-state index >= 15 is 0 Å². The van der Waals surface area contributed by atoms with E-state index in [1.54, 1.807) is 0 Å². The van der Waals surface area contributed by atoms with E-state index in [9.17, 15) is 27.7 Å². The van der Waals surface area contributed by atoms with E-state index in [1.165, 1.54) is 25.2 Å². The average molecular weight is 314 g/mol. The first kappa shape index (κ1) is 15.7. The molecule has 0 amide bonds. The van der Waals surface area contributed by atoms with Gasteiger partial charge in [-0.1, -0.05) is 12.1 Å². The maximum atomic E-state index is 13.6. The van der Waals surface area contributed by atoms with Crippen molar-refractivity contribution >= 4 is 11.4 Å². The summed E-state index contributed by atoms with van der Waals surface area (Å²) in [4.78, 5) is 10.3. The molecule has 4 nitrogen and oxygen atoms in total. The number of halogens is 4. The van der Waals surface area contributed by atoms with E-state index < -0.39 is 22.5 Å². The molecule has 22 heavy (non-hydrogen) atoms. The first-order valence-electron chi connectivity index (χ1n) is 6.07. The second-order valence-electron chi connectivity index (χ2n) is 4.43. The summed E-state index contributed by atoms with van der Waals surface area (Å²) in [5, 5.41) is 13.6. The molecule has 0 unspecified atom stereocenters. The zero-order chi connectivity index (χ0) is 16.5. The fraction of sp³-hybridized carbons (Fsp3) is 0.143. The topological polar surface area (TPSA) is 55.2 Å². The Bertz CT molecular complexity index is 729. The standard InChI is InChI=1S/C14H10F4N2O2/c1-19-12-5-3-9(7-13(12)20(21)22)8-2-4-10(11(15)6-8)14(16,17)18/h2-7,19H,1H3. The monoisotopic (exact) mass is 314 g/mol. The van der Waals surface area contributed by atoms with E-state index in [0.717, 1.165) is 6.07 Å². The second kappa shape index (κ2) is 5.63. The van der Waals surface area contributed by atoms with Gasteiger partial charge < -0.3 is 5.32 Å². The molecule has 0 radical (unpaired) electrons. The molecule has 0 aliphatic carbocycles. The molecular formula is C14H10F4N2O2. The van der Waals surface area contributed by atoms with Crippen LogP contribution in [0.5, 0.6) is 0 Å². The Balaban J connectivity index is 2.51. The summed E-state index contributed by atoms with van der Waals surface area (Å²) in [5.41, 5.74) is -1.01. The number of nitrogens with one attached hydrogen (secondary N) is 1. The molecule has 0 heterocycles. The van der Waals surface area contributed by atoms with Gasteiger partial charge in [0.15, 0.2) is 0 Å². The molecule has 0 saturated carbocycles. The van der Waals surface area contributed by atoms with Crippen molar-refractivity contribution in [3.63, 3.8) is 0 Å². The van der Waals surface area contributed by atoms with Gasteiger partial charge in [0.1, 0.15) is 11.5 Å². The summed E-state index contributed by atoms with van der Waals surface area (Å²) in [6.45, 7) is 0. The maximum absolute atomic E-state index is 13.6. The Morgan fingerprint density at radius 3 is 2.18 bits per heavy atom. The summed E-state index contributed by atoms with van der Waals surface area (Å²) in [6.07, 6.45) is -4.79. The Kier molecular flexibility index (Phi) is 4.03. The number of hydrogen-bond donors (Lipinski definition) is 1. The van der Waals surface area contributed by atoms with Crippen molar-refractivity contribution in [3.8, 4) is 11.1 Å². The molecule has 116 valence electrons. The molecule has 1 N–H and O–H groups in total. The minimum atomic E-state index is -4.79. The van der Waals surface area contributed by atoms with Gasteiger partial charge in [-0.25, -0.2) is 4.39 Å². The summed E-state index contributed by atoms with van der Waals surface area (Å²) in [7, 11) is 1.50. The zero-order valence-electron chi connectivity index (χ0n) is 11.2. The predicted molar refractivity (Wildman–Crippen MR) is 73.0 cm³/mol. The van der Waals surface area contributed by atoms with Gasteiger partial charge in [-0.05, 0) is 29.3 Å². The molecule has 0 bridgehead atoms. The highest BCUT2D eigenvalue weighted by molar-refractivity contribution is 5.73. The number of nitro groups is 1. The third-order valence-electron chi connectivity index (χ3n) is 3.07. The molecule has 0 aromatic heterocycles. The molecule has 0 atom stereocenters. The van der Waals surface area contributed by atoms with Gasteiger partial charge in [-0.3, -0.25) is 10.1 Å². The van der Waals surface area contributed by atoms with E-state index in [-0.39, 0.29) is 22.5 Å². The molecule has 2 aromatic rings. The number of hydrogen-bond acceptors (Lipinski definition) is 3. The summed E-state index contributed by atoms with van der Waals surface area (Å²) < 4.78 is 51.1. The Hall–Kier alpha value is -2.64. The SMILES string of the molecule is CNc1ccc(-c2ccc(C(F)(F)F)c(F)c2)cc1[N+](=O)[O-]. The van der Waals surface area contributed by atoms with E-state index in [4.69, 9.17) is 0 Å². The first-order chi connectivity index (χ1) is 10.2. The number of nitro benzene ring substituents is 1. The molecule has 8 heteroatoms. The van der Waals surface area contributed by atoms with Gasteiger partial charge in [0.05, 0.1) is 10.5 Å². The van der Waals surface area contributed by atoms with Gasteiger partial charge in [0.25, 0.3) is 5.69 Å². The fourth-order valence-electron chi connectivity index (χ4n) is 2.00. The van der Waals surface area contributed by atoms with Crippen molar-refractivity contribution in [2.24, 2.45) is 0 Å². The second-order valence-corrected chi connectivity index (χ2v) is 4.43. The van der Waals surface area contributed by atoms with Crippen LogP contribution in [0.3, 0.4) is 0 Å². The van der Waals surface area contributed by atoms with Crippen LogP contribution in [-0.2, 0) is 6.18 Å². The third kappa shape index (κ3) is 3.00. The van der Waals surface area contributed by atoms with Crippen LogP contribution in [0, 0.1) is 15.9 Å². The van der Waals surface area contributed by atoms with Gasteiger partial charge in [-0.2, -0.15) is 13.2 Å². The van der Waals surface area contributed by atoms with Crippen LogP contribution in [0.1, 0.15) is 5.56 Å². The Labute approximate surface area is 122 Å². The minimum Gasteiger partial charge on any atom is -0.383 e. The molecule has 0 aliphatic heterocycles. The molecule has 0 spiro atoms.